The normalized spacial score (nSPS) is 16.5. The topological polar surface area (TPSA) is 44.0 Å². The summed E-state index contributed by atoms with van der Waals surface area (Å²) in [5.41, 5.74) is 1.25. The van der Waals surface area contributed by atoms with E-state index in [1.54, 1.807) is 6.26 Å². The molecule has 0 amide bonds. The lowest BCUT2D eigenvalue weighted by Gasteiger charge is -2.36. The van der Waals surface area contributed by atoms with Crippen LogP contribution in [0.25, 0.3) is 6.08 Å². The Kier molecular flexibility index (Phi) is 6.29. The molecule has 1 saturated heterocycles. The second kappa shape index (κ2) is 9.08. The molecule has 0 unspecified atom stereocenters. The highest BCUT2D eigenvalue weighted by Gasteiger charge is 2.18. The van der Waals surface area contributed by atoms with E-state index >= 15 is 0 Å². The second-order valence-electron chi connectivity index (χ2n) is 6.08. The van der Waals surface area contributed by atoms with Gasteiger partial charge in [0.05, 0.1) is 12.8 Å². The number of hydrogen-bond acceptors (Lipinski definition) is 3. The van der Waals surface area contributed by atoms with Crippen LogP contribution in [0.5, 0.6) is 0 Å². The van der Waals surface area contributed by atoms with E-state index in [2.05, 4.69) is 56.5 Å². The molecular weight excluding hydrogens is 312 g/mol. The largest absolute Gasteiger partial charge is 0.467 e. The molecule has 25 heavy (non-hydrogen) atoms. The molecule has 0 atom stereocenters. The van der Waals surface area contributed by atoms with Crippen LogP contribution in [0.2, 0.25) is 0 Å². The van der Waals surface area contributed by atoms with Gasteiger partial charge in [-0.15, -0.1) is 0 Å². The van der Waals surface area contributed by atoms with E-state index in [-0.39, 0.29) is 0 Å². The van der Waals surface area contributed by atoms with Crippen LogP contribution in [0.1, 0.15) is 11.3 Å². The summed E-state index contributed by atoms with van der Waals surface area (Å²) in [5.74, 6) is 1.86. The van der Waals surface area contributed by atoms with Gasteiger partial charge in [0, 0.05) is 39.8 Å². The molecule has 0 radical (unpaired) electrons. The molecule has 3 rings (SSSR count). The lowest BCUT2D eigenvalue weighted by Crippen LogP contribution is -2.52. The number of piperazine rings is 1. The van der Waals surface area contributed by atoms with Crippen molar-refractivity contribution >= 4 is 12.0 Å². The zero-order chi connectivity index (χ0) is 17.3. The van der Waals surface area contributed by atoms with Crippen molar-refractivity contribution in [1.82, 2.24) is 15.1 Å². The summed E-state index contributed by atoms with van der Waals surface area (Å²) in [6.07, 6.45) is 6.13. The number of furan rings is 1. The van der Waals surface area contributed by atoms with Crippen molar-refractivity contribution < 1.29 is 4.42 Å². The summed E-state index contributed by atoms with van der Waals surface area (Å²) in [6, 6.07) is 14.3. The fourth-order valence-electron chi connectivity index (χ4n) is 2.96. The smallest absolute Gasteiger partial charge is 0.194 e. The molecule has 0 saturated carbocycles. The molecule has 1 aliphatic heterocycles. The zero-order valence-electron chi connectivity index (χ0n) is 14.8. The number of rotatable bonds is 5. The standard InChI is InChI=1S/C20H26N4O/c1-21-20(22-17-19-10-6-16-25-19)24-14-12-23(13-15-24)11-5-9-18-7-3-2-4-8-18/h2-10,16H,11-15,17H2,1H3,(H,21,22)/b9-5+. The van der Waals surface area contributed by atoms with Crippen LogP contribution in [-0.4, -0.2) is 55.5 Å². The van der Waals surface area contributed by atoms with Gasteiger partial charge in [0.25, 0.3) is 0 Å². The van der Waals surface area contributed by atoms with E-state index in [9.17, 15) is 0 Å². The van der Waals surface area contributed by atoms with Crippen LogP contribution in [0.15, 0.2) is 64.2 Å². The predicted molar refractivity (Wildman–Crippen MR) is 102 cm³/mol. The zero-order valence-corrected chi connectivity index (χ0v) is 14.8. The van der Waals surface area contributed by atoms with Gasteiger partial charge >= 0.3 is 0 Å². The van der Waals surface area contributed by atoms with E-state index in [0.717, 1.165) is 44.4 Å². The molecule has 2 aromatic rings. The van der Waals surface area contributed by atoms with Crippen LogP contribution >= 0.6 is 0 Å². The van der Waals surface area contributed by atoms with Crippen LogP contribution < -0.4 is 5.32 Å². The van der Waals surface area contributed by atoms with Crippen molar-refractivity contribution in [3.05, 3.63) is 66.1 Å². The van der Waals surface area contributed by atoms with Gasteiger partial charge in [0.15, 0.2) is 5.96 Å². The van der Waals surface area contributed by atoms with Crippen LogP contribution in [0.4, 0.5) is 0 Å². The molecule has 0 bridgehead atoms. The fourth-order valence-corrected chi connectivity index (χ4v) is 2.96. The molecule has 132 valence electrons. The summed E-state index contributed by atoms with van der Waals surface area (Å²) < 4.78 is 5.36. The molecule has 0 aliphatic carbocycles. The molecule has 5 nitrogen and oxygen atoms in total. The Balaban J connectivity index is 1.42. The first kappa shape index (κ1) is 17.3. The fraction of sp³-hybridized carbons (Fsp3) is 0.350. The third-order valence-corrected chi connectivity index (χ3v) is 4.36. The quantitative estimate of drug-likeness (QED) is 0.672. The number of nitrogens with one attached hydrogen (secondary N) is 1. The van der Waals surface area contributed by atoms with Gasteiger partial charge in [-0.05, 0) is 17.7 Å². The third kappa shape index (κ3) is 5.22. The van der Waals surface area contributed by atoms with Crippen molar-refractivity contribution in [2.24, 2.45) is 4.99 Å². The predicted octanol–water partition coefficient (Wildman–Crippen LogP) is 2.69. The third-order valence-electron chi connectivity index (χ3n) is 4.36. The average molecular weight is 338 g/mol. The Bertz CT molecular complexity index is 671. The lowest BCUT2D eigenvalue weighted by molar-refractivity contribution is 0.194. The van der Waals surface area contributed by atoms with Crippen molar-refractivity contribution in [2.75, 3.05) is 39.8 Å². The first-order chi connectivity index (χ1) is 12.3. The summed E-state index contributed by atoms with van der Waals surface area (Å²) >= 11 is 0. The Hall–Kier alpha value is -2.53. The minimum absolute atomic E-state index is 0.666. The van der Waals surface area contributed by atoms with Crippen LogP contribution in [0, 0.1) is 0 Å². The van der Waals surface area contributed by atoms with E-state index < -0.39 is 0 Å². The second-order valence-corrected chi connectivity index (χ2v) is 6.08. The number of hydrogen-bond donors (Lipinski definition) is 1. The van der Waals surface area contributed by atoms with E-state index in [0.29, 0.717) is 6.54 Å². The number of guanidine groups is 1. The van der Waals surface area contributed by atoms with E-state index in [4.69, 9.17) is 4.42 Å². The van der Waals surface area contributed by atoms with Gasteiger partial charge < -0.3 is 14.6 Å². The lowest BCUT2D eigenvalue weighted by atomic mass is 10.2. The highest BCUT2D eigenvalue weighted by atomic mass is 16.3. The van der Waals surface area contributed by atoms with Crippen LogP contribution in [0.3, 0.4) is 0 Å². The van der Waals surface area contributed by atoms with E-state index in [1.165, 1.54) is 5.56 Å². The van der Waals surface area contributed by atoms with Crippen molar-refractivity contribution in [1.29, 1.82) is 0 Å². The van der Waals surface area contributed by atoms with Gasteiger partial charge in [-0.2, -0.15) is 0 Å². The van der Waals surface area contributed by atoms with Crippen molar-refractivity contribution in [3.63, 3.8) is 0 Å². The Labute approximate surface area is 149 Å². The molecule has 1 aliphatic rings. The molecule has 1 fully saturated rings. The summed E-state index contributed by atoms with van der Waals surface area (Å²) in [4.78, 5) is 9.17. The van der Waals surface area contributed by atoms with Crippen LogP contribution in [-0.2, 0) is 6.54 Å². The van der Waals surface area contributed by atoms with Crippen molar-refractivity contribution in [3.8, 4) is 0 Å². The van der Waals surface area contributed by atoms with Gasteiger partial charge in [0.1, 0.15) is 5.76 Å². The minimum Gasteiger partial charge on any atom is -0.467 e. The monoisotopic (exact) mass is 338 g/mol. The van der Waals surface area contributed by atoms with Gasteiger partial charge in [0.2, 0.25) is 0 Å². The average Bonchev–Trinajstić information content (AvgIpc) is 3.18. The molecule has 1 aromatic carbocycles. The Morgan fingerprint density at radius 3 is 2.60 bits per heavy atom. The number of nitrogens with zero attached hydrogens (tertiary/aromatic N) is 3. The molecule has 1 aromatic heterocycles. The van der Waals surface area contributed by atoms with E-state index in [1.807, 2.05) is 25.2 Å². The van der Waals surface area contributed by atoms with Gasteiger partial charge in [-0.3, -0.25) is 9.89 Å². The SMILES string of the molecule is CN=C(NCc1ccco1)N1CCN(C/C=C/c2ccccc2)CC1. The van der Waals surface area contributed by atoms with Gasteiger partial charge in [-0.25, -0.2) is 0 Å². The maximum atomic E-state index is 5.36. The number of benzene rings is 1. The maximum Gasteiger partial charge on any atom is 0.194 e. The summed E-state index contributed by atoms with van der Waals surface area (Å²) in [7, 11) is 1.83. The highest BCUT2D eigenvalue weighted by Crippen LogP contribution is 2.06. The summed E-state index contributed by atoms with van der Waals surface area (Å²) in [5, 5.41) is 3.37. The van der Waals surface area contributed by atoms with Crippen molar-refractivity contribution in [2.45, 2.75) is 6.54 Å². The molecular formula is C20H26N4O. The summed E-state index contributed by atoms with van der Waals surface area (Å²) in [6.45, 7) is 5.70. The molecule has 0 spiro atoms. The molecule has 5 heteroatoms. The Morgan fingerprint density at radius 2 is 1.92 bits per heavy atom. The number of aliphatic imine (C=N–C) groups is 1. The Morgan fingerprint density at radius 1 is 1.12 bits per heavy atom. The maximum absolute atomic E-state index is 5.36. The molecule has 1 N–H and O–H groups in total. The highest BCUT2D eigenvalue weighted by molar-refractivity contribution is 5.79. The molecule has 2 heterocycles. The first-order valence-electron chi connectivity index (χ1n) is 8.77. The first-order valence-corrected chi connectivity index (χ1v) is 8.77. The minimum atomic E-state index is 0.666. The van der Waals surface area contributed by atoms with Gasteiger partial charge in [-0.1, -0.05) is 42.5 Å².